The first-order valence-electron chi connectivity index (χ1n) is 6.53. The summed E-state index contributed by atoms with van der Waals surface area (Å²) in [5.41, 5.74) is -0.569. The lowest BCUT2D eigenvalue weighted by Gasteiger charge is -2.07. The number of alkyl halides is 3. The lowest BCUT2D eigenvalue weighted by atomic mass is 10.1. The number of aromatic nitrogens is 3. The first-order valence-corrected chi connectivity index (χ1v) is 6.53. The number of nitrogens with zero attached hydrogens (tertiary/aromatic N) is 3. The van der Waals surface area contributed by atoms with Crippen LogP contribution in [0.15, 0.2) is 18.5 Å². The molecule has 0 atom stereocenters. The van der Waals surface area contributed by atoms with Crippen molar-refractivity contribution in [2.24, 2.45) is 5.92 Å². The van der Waals surface area contributed by atoms with E-state index in [1.807, 2.05) is 0 Å². The van der Waals surface area contributed by atoms with Crippen LogP contribution in [-0.2, 0) is 6.18 Å². The molecule has 2 aromatic rings. The van der Waals surface area contributed by atoms with E-state index in [1.54, 1.807) is 0 Å². The number of halogens is 3. The van der Waals surface area contributed by atoms with Gasteiger partial charge < -0.3 is 5.32 Å². The van der Waals surface area contributed by atoms with Crippen LogP contribution >= 0.6 is 0 Å². The van der Waals surface area contributed by atoms with Gasteiger partial charge >= 0.3 is 6.18 Å². The molecule has 0 fully saturated rings. The third-order valence-electron chi connectivity index (χ3n) is 2.93. The Hall–Kier alpha value is -1.79. The molecule has 0 amide bonds. The third kappa shape index (κ3) is 3.40. The highest BCUT2D eigenvalue weighted by molar-refractivity contribution is 5.67. The summed E-state index contributed by atoms with van der Waals surface area (Å²) >= 11 is 0. The van der Waals surface area contributed by atoms with Crippen molar-refractivity contribution in [3.63, 3.8) is 0 Å². The fraction of sp³-hybridized carbons (Fsp3) is 0.538. The molecule has 0 aromatic carbocycles. The summed E-state index contributed by atoms with van der Waals surface area (Å²) in [7, 11) is 0. The van der Waals surface area contributed by atoms with Crippen LogP contribution in [0.2, 0.25) is 0 Å². The fourth-order valence-electron chi connectivity index (χ4n) is 1.91. The maximum absolute atomic E-state index is 12.6. The molecule has 2 heterocycles. The lowest BCUT2D eigenvalue weighted by molar-refractivity contribution is -0.141. The number of anilines is 1. The second-order valence-electron chi connectivity index (χ2n) is 5.10. The molecule has 0 spiro atoms. The minimum atomic E-state index is -4.44. The Morgan fingerprint density at radius 1 is 1.35 bits per heavy atom. The molecular weight excluding hydrogens is 269 g/mol. The van der Waals surface area contributed by atoms with E-state index < -0.39 is 11.9 Å². The maximum atomic E-state index is 12.6. The van der Waals surface area contributed by atoms with E-state index in [0.717, 1.165) is 18.9 Å². The smallest absolute Gasteiger partial charge is 0.368 e. The second kappa shape index (κ2) is 5.68. The van der Waals surface area contributed by atoms with Crippen LogP contribution in [0.1, 0.15) is 32.4 Å². The van der Waals surface area contributed by atoms with Crippen molar-refractivity contribution in [2.45, 2.75) is 32.9 Å². The molecule has 0 unspecified atom stereocenters. The van der Waals surface area contributed by atoms with Gasteiger partial charge in [-0.2, -0.15) is 18.3 Å². The molecule has 0 saturated carbocycles. The molecule has 2 aromatic heterocycles. The van der Waals surface area contributed by atoms with Crippen LogP contribution < -0.4 is 5.32 Å². The number of nitrogens with one attached hydrogen (secondary N) is 1. The Balaban J connectivity index is 2.15. The molecule has 0 aliphatic rings. The number of fused-ring (bicyclic) bond motifs is 1. The maximum Gasteiger partial charge on any atom is 0.435 e. The average Bonchev–Trinajstić information content (AvgIpc) is 2.78. The molecule has 1 N–H and O–H groups in total. The summed E-state index contributed by atoms with van der Waals surface area (Å²) in [4.78, 5) is 4.08. The standard InChI is InChI=1S/C13H17F3N4/c1-9(2)4-3-5-17-12-10-8-11(13(14,15)16)19-20(10)7-6-18-12/h6-9H,3-5H2,1-2H3,(H,17,18). The summed E-state index contributed by atoms with van der Waals surface area (Å²) in [6.07, 6.45) is 0.402. The predicted molar refractivity (Wildman–Crippen MR) is 70.6 cm³/mol. The average molecular weight is 286 g/mol. The van der Waals surface area contributed by atoms with Gasteiger partial charge in [-0.25, -0.2) is 9.50 Å². The van der Waals surface area contributed by atoms with Gasteiger partial charge in [0.25, 0.3) is 0 Å². The van der Waals surface area contributed by atoms with Crippen molar-refractivity contribution in [1.82, 2.24) is 14.6 Å². The normalized spacial score (nSPS) is 12.3. The fourth-order valence-corrected chi connectivity index (χ4v) is 1.91. The summed E-state index contributed by atoms with van der Waals surface area (Å²) in [5.74, 6) is 1.03. The van der Waals surface area contributed by atoms with Crippen LogP contribution in [0.3, 0.4) is 0 Å². The highest BCUT2D eigenvalue weighted by Crippen LogP contribution is 2.29. The molecule has 0 bridgehead atoms. The zero-order valence-electron chi connectivity index (χ0n) is 11.4. The first kappa shape index (κ1) is 14.6. The third-order valence-corrected chi connectivity index (χ3v) is 2.93. The molecule has 20 heavy (non-hydrogen) atoms. The summed E-state index contributed by atoms with van der Waals surface area (Å²) in [5, 5.41) is 6.58. The molecule has 0 saturated heterocycles. The topological polar surface area (TPSA) is 42.2 Å². The van der Waals surface area contributed by atoms with E-state index in [9.17, 15) is 13.2 Å². The van der Waals surface area contributed by atoms with E-state index in [0.29, 0.717) is 23.8 Å². The molecule has 0 aliphatic carbocycles. The van der Waals surface area contributed by atoms with Crippen molar-refractivity contribution in [3.05, 3.63) is 24.2 Å². The Bertz CT molecular complexity index is 574. The van der Waals surface area contributed by atoms with Crippen molar-refractivity contribution in [2.75, 3.05) is 11.9 Å². The van der Waals surface area contributed by atoms with Crippen molar-refractivity contribution >= 4 is 11.3 Å². The Morgan fingerprint density at radius 3 is 2.75 bits per heavy atom. The van der Waals surface area contributed by atoms with Crippen LogP contribution in [0.5, 0.6) is 0 Å². The van der Waals surface area contributed by atoms with E-state index in [-0.39, 0.29) is 0 Å². The molecular formula is C13H17F3N4. The quantitative estimate of drug-likeness (QED) is 0.854. The van der Waals surface area contributed by atoms with E-state index in [2.05, 4.69) is 29.2 Å². The minimum Gasteiger partial charge on any atom is -0.368 e. The molecule has 0 aliphatic heterocycles. The summed E-state index contributed by atoms with van der Waals surface area (Å²) < 4.78 is 39.1. The Morgan fingerprint density at radius 2 is 2.10 bits per heavy atom. The van der Waals surface area contributed by atoms with Gasteiger partial charge in [0.2, 0.25) is 0 Å². The minimum absolute atomic E-state index is 0.337. The van der Waals surface area contributed by atoms with Gasteiger partial charge in [-0.3, -0.25) is 0 Å². The molecule has 4 nitrogen and oxygen atoms in total. The monoisotopic (exact) mass is 286 g/mol. The second-order valence-corrected chi connectivity index (χ2v) is 5.10. The van der Waals surface area contributed by atoms with Gasteiger partial charge in [0.1, 0.15) is 5.52 Å². The van der Waals surface area contributed by atoms with Crippen LogP contribution in [0.4, 0.5) is 19.0 Å². The molecule has 2 rings (SSSR count). The van der Waals surface area contributed by atoms with Crippen molar-refractivity contribution in [1.29, 1.82) is 0 Å². The zero-order valence-corrected chi connectivity index (χ0v) is 11.4. The zero-order chi connectivity index (χ0) is 14.8. The van der Waals surface area contributed by atoms with Gasteiger partial charge in [-0.15, -0.1) is 0 Å². The van der Waals surface area contributed by atoms with Gasteiger partial charge in [-0.1, -0.05) is 13.8 Å². The molecule has 7 heteroatoms. The highest BCUT2D eigenvalue weighted by Gasteiger charge is 2.34. The predicted octanol–water partition coefficient (Wildman–Crippen LogP) is 3.60. The first-order chi connectivity index (χ1) is 9.38. The Kier molecular flexibility index (Phi) is 4.15. The van der Waals surface area contributed by atoms with E-state index in [4.69, 9.17) is 0 Å². The lowest BCUT2D eigenvalue weighted by Crippen LogP contribution is -2.06. The van der Waals surface area contributed by atoms with Gasteiger partial charge in [0.15, 0.2) is 11.5 Å². The van der Waals surface area contributed by atoms with Crippen LogP contribution in [-0.4, -0.2) is 21.1 Å². The number of hydrogen-bond donors (Lipinski definition) is 1. The number of hydrogen-bond acceptors (Lipinski definition) is 3. The molecule has 0 radical (unpaired) electrons. The highest BCUT2D eigenvalue weighted by atomic mass is 19.4. The van der Waals surface area contributed by atoms with Gasteiger partial charge in [0, 0.05) is 25.0 Å². The van der Waals surface area contributed by atoms with Crippen molar-refractivity contribution < 1.29 is 13.2 Å². The van der Waals surface area contributed by atoms with Gasteiger partial charge in [0.05, 0.1) is 0 Å². The Labute approximate surface area is 115 Å². The van der Waals surface area contributed by atoms with Gasteiger partial charge in [-0.05, 0) is 18.8 Å². The largest absolute Gasteiger partial charge is 0.435 e. The summed E-state index contributed by atoms with van der Waals surface area (Å²) in [6.45, 7) is 4.94. The molecule has 110 valence electrons. The van der Waals surface area contributed by atoms with Crippen LogP contribution in [0.25, 0.3) is 5.52 Å². The SMILES string of the molecule is CC(C)CCCNc1nccn2nc(C(F)(F)F)cc12. The van der Waals surface area contributed by atoms with Crippen LogP contribution in [0, 0.1) is 5.92 Å². The summed E-state index contributed by atoms with van der Waals surface area (Å²) in [6, 6.07) is 1.01. The van der Waals surface area contributed by atoms with Crippen molar-refractivity contribution in [3.8, 4) is 0 Å². The van der Waals surface area contributed by atoms with E-state index >= 15 is 0 Å². The number of rotatable bonds is 5. The van der Waals surface area contributed by atoms with E-state index in [1.165, 1.54) is 16.9 Å².